The van der Waals surface area contributed by atoms with Crippen LogP contribution in [-0.2, 0) is 11.3 Å². The monoisotopic (exact) mass is 405 g/mol. The van der Waals surface area contributed by atoms with Crippen molar-refractivity contribution < 1.29 is 4.79 Å². The summed E-state index contributed by atoms with van der Waals surface area (Å²) in [5.74, 6) is -0.124. The Balaban J connectivity index is 1.88. The van der Waals surface area contributed by atoms with Crippen LogP contribution < -0.4 is 5.32 Å². The number of nitrogens with zero attached hydrogens (tertiary/aromatic N) is 4. The molecule has 0 aliphatic heterocycles. The van der Waals surface area contributed by atoms with Gasteiger partial charge in [0.2, 0.25) is 5.91 Å². The number of carbonyl (C=O) groups is 1. The van der Waals surface area contributed by atoms with Crippen LogP contribution in [0.2, 0.25) is 5.02 Å². The summed E-state index contributed by atoms with van der Waals surface area (Å²) in [6.07, 6.45) is 0.868. The van der Waals surface area contributed by atoms with Crippen LogP contribution in [0.25, 0.3) is 33.5 Å². The van der Waals surface area contributed by atoms with Crippen LogP contribution in [0.3, 0.4) is 0 Å². The molecule has 0 aliphatic carbocycles. The van der Waals surface area contributed by atoms with Crippen LogP contribution in [0.5, 0.6) is 0 Å². The van der Waals surface area contributed by atoms with E-state index < -0.39 is 0 Å². The molecule has 0 aliphatic rings. The molecule has 1 amide bonds. The quantitative estimate of drug-likeness (QED) is 0.518. The highest BCUT2D eigenvalue weighted by Gasteiger charge is 2.21. The Hall–Kier alpha value is -3.25. The normalized spacial score (nSPS) is 11.0. The molecule has 6 nitrogen and oxygen atoms in total. The van der Waals surface area contributed by atoms with E-state index in [-0.39, 0.29) is 12.5 Å². The number of halogens is 1. The summed E-state index contributed by atoms with van der Waals surface area (Å²) in [5, 5.41) is 17.4. The fourth-order valence-corrected chi connectivity index (χ4v) is 3.48. The lowest BCUT2D eigenvalue weighted by Gasteiger charge is -2.06. The molecular weight excluding hydrogens is 386 g/mol. The fourth-order valence-electron chi connectivity index (χ4n) is 3.16. The molecule has 0 atom stereocenters. The maximum absolute atomic E-state index is 12.3. The SMILES string of the molecule is CCCNC(=O)Cn1nc(-c2ccccc2)c2c(Cl)c(-c3ccccc3)nnc21. The molecule has 2 aromatic heterocycles. The minimum absolute atomic E-state index is 0.0546. The van der Waals surface area contributed by atoms with Gasteiger partial charge >= 0.3 is 0 Å². The molecule has 7 heteroatoms. The number of fused-ring (bicyclic) bond motifs is 1. The van der Waals surface area contributed by atoms with Crippen LogP contribution in [0, 0.1) is 0 Å². The molecule has 0 fully saturated rings. The fraction of sp³-hybridized carbons (Fsp3) is 0.182. The van der Waals surface area contributed by atoms with E-state index in [0.717, 1.165) is 17.5 Å². The Morgan fingerprint density at radius 2 is 1.59 bits per heavy atom. The third kappa shape index (κ3) is 3.84. The Morgan fingerprint density at radius 1 is 0.966 bits per heavy atom. The molecule has 2 aromatic carbocycles. The van der Waals surface area contributed by atoms with E-state index in [9.17, 15) is 4.79 Å². The first-order valence-electron chi connectivity index (χ1n) is 9.49. The van der Waals surface area contributed by atoms with Crippen molar-refractivity contribution in [3.05, 3.63) is 65.7 Å². The first kappa shape index (κ1) is 19.1. The summed E-state index contributed by atoms with van der Waals surface area (Å²) in [7, 11) is 0. The van der Waals surface area contributed by atoms with Gasteiger partial charge in [0.15, 0.2) is 5.65 Å². The number of rotatable bonds is 6. The molecule has 0 unspecified atom stereocenters. The Bertz CT molecular complexity index is 1140. The number of aromatic nitrogens is 4. The van der Waals surface area contributed by atoms with Crippen LogP contribution in [0.4, 0.5) is 0 Å². The van der Waals surface area contributed by atoms with Crippen molar-refractivity contribution in [2.24, 2.45) is 0 Å². The zero-order valence-corrected chi connectivity index (χ0v) is 16.7. The molecule has 0 radical (unpaired) electrons. The van der Waals surface area contributed by atoms with Crippen molar-refractivity contribution in [3.8, 4) is 22.5 Å². The van der Waals surface area contributed by atoms with Crippen molar-refractivity contribution in [3.63, 3.8) is 0 Å². The predicted octanol–water partition coefficient (Wildman–Crippen LogP) is 4.34. The standard InChI is InChI=1S/C22H20ClN5O/c1-2-13-24-17(29)14-28-22-18(20(27-28)15-9-5-3-6-10-15)19(23)21(25-26-22)16-11-7-4-8-12-16/h3-12H,2,13-14H2,1H3,(H,24,29). The van der Waals surface area contributed by atoms with E-state index in [1.165, 1.54) is 0 Å². The van der Waals surface area contributed by atoms with Crippen molar-refractivity contribution in [1.29, 1.82) is 0 Å². The molecule has 1 N–H and O–H groups in total. The number of carbonyl (C=O) groups excluding carboxylic acids is 1. The van der Waals surface area contributed by atoms with Gasteiger partial charge in [-0.15, -0.1) is 10.2 Å². The van der Waals surface area contributed by atoms with Crippen molar-refractivity contribution in [2.45, 2.75) is 19.9 Å². The first-order chi connectivity index (χ1) is 14.2. The second-order valence-corrected chi connectivity index (χ2v) is 7.03. The molecule has 4 rings (SSSR count). The average molecular weight is 406 g/mol. The van der Waals surface area contributed by atoms with E-state index in [0.29, 0.717) is 34.0 Å². The van der Waals surface area contributed by atoms with E-state index in [2.05, 4.69) is 20.6 Å². The lowest BCUT2D eigenvalue weighted by atomic mass is 10.1. The van der Waals surface area contributed by atoms with Crippen LogP contribution in [-0.4, -0.2) is 32.4 Å². The Morgan fingerprint density at radius 3 is 2.21 bits per heavy atom. The highest BCUT2D eigenvalue weighted by atomic mass is 35.5. The van der Waals surface area contributed by atoms with Crippen LogP contribution >= 0.6 is 11.6 Å². The number of benzene rings is 2. The average Bonchev–Trinajstić information content (AvgIpc) is 3.13. The van der Waals surface area contributed by atoms with Gasteiger partial charge < -0.3 is 5.32 Å². The van der Waals surface area contributed by atoms with Gasteiger partial charge in [0, 0.05) is 17.7 Å². The molecule has 146 valence electrons. The second kappa shape index (κ2) is 8.41. The summed E-state index contributed by atoms with van der Waals surface area (Å²) < 4.78 is 1.57. The molecule has 0 saturated carbocycles. The van der Waals surface area contributed by atoms with E-state index in [1.54, 1.807) is 4.68 Å². The lowest BCUT2D eigenvalue weighted by molar-refractivity contribution is -0.121. The Labute approximate surface area is 173 Å². The smallest absolute Gasteiger partial charge is 0.241 e. The number of nitrogens with one attached hydrogen (secondary N) is 1. The van der Waals surface area contributed by atoms with Crippen molar-refractivity contribution in [1.82, 2.24) is 25.3 Å². The van der Waals surface area contributed by atoms with Crippen molar-refractivity contribution >= 4 is 28.5 Å². The Kier molecular flexibility index (Phi) is 5.53. The van der Waals surface area contributed by atoms with Gasteiger partial charge in [-0.25, -0.2) is 4.68 Å². The molecule has 4 aromatic rings. The minimum atomic E-state index is -0.124. The summed E-state index contributed by atoms with van der Waals surface area (Å²) in [6.45, 7) is 2.68. The van der Waals surface area contributed by atoms with E-state index in [4.69, 9.17) is 11.6 Å². The number of hydrogen-bond acceptors (Lipinski definition) is 4. The third-order valence-electron chi connectivity index (χ3n) is 4.56. The zero-order chi connectivity index (χ0) is 20.2. The largest absolute Gasteiger partial charge is 0.355 e. The van der Waals surface area contributed by atoms with Gasteiger partial charge in [-0.3, -0.25) is 4.79 Å². The molecule has 2 heterocycles. The maximum atomic E-state index is 12.3. The van der Waals surface area contributed by atoms with Crippen LogP contribution in [0.1, 0.15) is 13.3 Å². The topological polar surface area (TPSA) is 72.7 Å². The molecule has 0 spiro atoms. The van der Waals surface area contributed by atoms with Gasteiger partial charge in [-0.05, 0) is 6.42 Å². The maximum Gasteiger partial charge on any atom is 0.241 e. The third-order valence-corrected chi connectivity index (χ3v) is 4.93. The number of hydrogen-bond donors (Lipinski definition) is 1. The van der Waals surface area contributed by atoms with E-state index >= 15 is 0 Å². The predicted molar refractivity (Wildman–Crippen MR) is 115 cm³/mol. The number of amides is 1. The minimum Gasteiger partial charge on any atom is -0.355 e. The zero-order valence-electron chi connectivity index (χ0n) is 16.0. The molecule has 0 saturated heterocycles. The van der Waals surface area contributed by atoms with Gasteiger partial charge in [-0.2, -0.15) is 5.10 Å². The first-order valence-corrected chi connectivity index (χ1v) is 9.87. The summed E-state index contributed by atoms with van der Waals surface area (Å²) in [6, 6.07) is 19.4. The van der Waals surface area contributed by atoms with Crippen molar-refractivity contribution in [2.75, 3.05) is 6.54 Å². The van der Waals surface area contributed by atoms with Gasteiger partial charge in [-0.1, -0.05) is 79.2 Å². The molecule has 0 bridgehead atoms. The van der Waals surface area contributed by atoms with Gasteiger partial charge in [0.1, 0.15) is 17.9 Å². The lowest BCUT2D eigenvalue weighted by Crippen LogP contribution is -2.28. The highest BCUT2D eigenvalue weighted by Crippen LogP contribution is 2.37. The molecule has 29 heavy (non-hydrogen) atoms. The highest BCUT2D eigenvalue weighted by molar-refractivity contribution is 6.38. The van der Waals surface area contributed by atoms with Gasteiger partial charge in [0.25, 0.3) is 0 Å². The second-order valence-electron chi connectivity index (χ2n) is 6.65. The van der Waals surface area contributed by atoms with E-state index in [1.807, 2.05) is 67.6 Å². The van der Waals surface area contributed by atoms with Gasteiger partial charge in [0.05, 0.1) is 10.4 Å². The summed E-state index contributed by atoms with van der Waals surface area (Å²) >= 11 is 6.81. The van der Waals surface area contributed by atoms with Crippen LogP contribution in [0.15, 0.2) is 60.7 Å². The summed E-state index contributed by atoms with van der Waals surface area (Å²) in [4.78, 5) is 12.3. The summed E-state index contributed by atoms with van der Waals surface area (Å²) in [5.41, 5.74) is 3.53. The molecular formula is C22H20ClN5O.